The molecule has 27 heavy (non-hydrogen) atoms. The van der Waals surface area contributed by atoms with Gasteiger partial charge in [0, 0.05) is 18.8 Å². The largest absolute Gasteiger partial charge is 0.311 e. The van der Waals surface area contributed by atoms with Crippen LogP contribution in [0.1, 0.15) is 11.6 Å². The smallest absolute Gasteiger partial charge is 0.250 e. The van der Waals surface area contributed by atoms with Crippen molar-refractivity contribution in [2.75, 3.05) is 12.8 Å². The van der Waals surface area contributed by atoms with E-state index in [1.165, 1.54) is 6.07 Å². The van der Waals surface area contributed by atoms with Crippen LogP contribution in [0.5, 0.6) is 0 Å². The van der Waals surface area contributed by atoms with E-state index in [1.807, 2.05) is 48.5 Å². The summed E-state index contributed by atoms with van der Waals surface area (Å²) in [5.41, 5.74) is 3.08. The molecule has 140 valence electrons. The van der Waals surface area contributed by atoms with E-state index >= 15 is 0 Å². The second-order valence-corrected chi connectivity index (χ2v) is 8.32. The lowest BCUT2D eigenvalue weighted by molar-refractivity contribution is 0.472. The monoisotopic (exact) mass is 382 g/mol. The Balaban J connectivity index is 1.90. The zero-order chi connectivity index (χ0) is 19.3. The van der Waals surface area contributed by atoms with Crippen molar-refractivity contribution in [1.29, 1.82) is 0 Å². The summed E-state index contributed by atoms with van der Waals surface area (Å²) in [6.07, 6.45) is 3.35. The standard InChI is InChI=1S/C21H22N2O3S/c1-27(25,26)22-16-20(23-13-6-5-12-21(23)24)15-17-8-7-11-19(14-17)18-9-3-2-4-10-18/h2-14,20,22H,15-16H2,1H3. The number of nitrogens with one attached hydrogen (secondary N) is 1. The van der Waals surface area contributed by atoms with Gasteiger partial charge in [-0.3, -0.25) is 4.79 Å². The van der Waals surface area contributed by atoms with Crippen LogP contribution in [0.3, 0.4) is 0 Å². The molecule has 0 aliphatic carbocycles. The Kier molecular flexibility index (Phi) is 5.88. The second-order valence-electron chi connectivity index (χ2n) is 6.49. The van der Waals surface area contributed by atoms with Gasteiger partial charge >= 0.3 is 0 Å². The van der Waals surface area contributed by atoms with Gasteiger partial charge in [0.1, 0.15) is 0 Å². The molecule has 0 spiro atoms. The number of rotatable bonds is 7. The van der Waals surface area contributed by atoms with Gasteiger partial charge in [0.25, 0.3) is 5.56 Å². The predicted octanol–water partition coefficient (Wildman–Crippen LogP) is 2.85. The molecule has 0 aliphatic rings. The van der Waals surface area contributed by atoms with Crippen molar-refractivity contribution in [3.05, 3.63) is 94.9 Å². The minimum absolute atomic E-state index is 0.151. The van der Waals surface area contributed by atoms with Crippen LogP contribution in [0.15, 0.2) is 83.8 Å². The van der Waals surface area contributed by atoms with E-state index in [0.717, 1.165) is 22.9 Å². The highest BCUT2D eigenvalue weighted by molar-refractivity contribution is 7.88. The number of hydrogen-bond donors (Lipinski definition) is 1. The normalized spacial score (nSPS) is 12.6. The summed E-state index contributed by atoms with van der Waals surface area (Å²) < 4.78 is 27.2. The molecule has 0 saturated heterocycles. The quantitative estimate of drug-likeness (QED) is 0.683. The summed E-state index contributed by atoms with van der Waals surface area (Å²) >= 11 is 0. The van der Waals surface area contributed by atoms with Crippen molar-refractivity contribution >= 4 is 10.0 Å². The van der Waals surface area contributed by atoms with E-state index in [1.54, 1.807) is 22.9 Å². The molecule has 3 aromatic rings. The molecule has 0 amide bonds. The summed E-state index contributed by atoms with van der Waals surface area (Å²) in [4.78, 5) is 12.2. The lowest BCUT2D eigenvalue weighted by Crippen LogP contribution is -2.35. The first-order valence-electron chi connectivity index (χ1n) is 8.68. The lowest BCUT2D eigenvalue weighted by Gasteiger charge is -2.20. The van der Waals surface area contributed by atoms with Crippen molar-refractivity contribution in [3.63, 3.8) is 0 Å². The van der Waals surface area contributed by atoms with E-state index in [0.29, 0.717) is 6.42 Å². The molecule has 0 radical (unpaired) electrons. The maximum atomic E-state index is 12.2. The van der Waals surface area contributed by atoms with Crippen LogP contribution in [0.25, 0.3) is 11.1 Å². The molecule has 1 unspecified atom stereocenters. The fourth-order valence-corrected chi connectivity index (χ4v) is 3.53. The zero-order valence-electron chi connectivity index (χ0n) is 15.1. The number of nitrogens with zero attached hydrogens (tertiary/aromatic N) is 1. The van der Waals surface area contributed by atoms with Gasteiger partial charge in [-0.05, 0) is 29.2 Å². The van der Waals surface area contributed by atoms with E-state index in [2.05, 4.69) is 10.8 Å². The van der Waals surface area contributed by atoms with Crippen LogP contribution in [0.2, 0.25) is 0 Å². The predicted molar refractivity (Wildman–Crippen MR) is 108 cm³/mol. The number of sulfonamides is 1. The number of hydrogen-bond acceptors (Lipinski definition) is 3. The van der Waals surface area contributed by atoms with E-state index in [9.17, 15) is 13.2 Å². The third-order valence-corrected chi connectivity index (χ3v) is 5.02. The van der Waals surface area contributed by atoms with Crippen molar-refractivity contribution in [1.82, 2.24) is 9.29 Å². The van der Waals surface area contributed by atoms with E-state index < -0.39 is 10.0 Å². The summed E-state index contributed by atoms with van der Waals surface area (Å²) in [5.74, 6) is 0. The molecule has 2 aromatic carbocycles. The molecular formula is C21H22N2O3S. The Morgan fingerprint density at radius 2 is 1.63 bits per heavy atom. The molecule has 1 heterocycles. The molecule has 1 N–H and O–H groups in total. The Hall–Kier alpha value is -2.70. The average Bonchev–Trinajstić information content (AvgIpc) is 2.66. The minimum atomic E-state index is -3.35. The van der Waals surface area contributed by atoms with E-state index in [4.69, 9.17) is 0 Å². The number of benzene rings is 2. The van der Waals surface area contributed by atoms with Crippen LogP contribution in [-0.4, -0.2) is 25.8 Å². The van der Waals surface area contributed by atoms with Gasteiger partial charge in [-0.1, -0.05) is 60.7 Å². The molecule has 0 saturated carbocycles. The van der Waals surface area contributed by atoms with Gasteiger partial charge in [0.05, 0.1) is 12.3 Å². The van der Waals surface area contributed by atoms with Gasteiger partial charge in [-0.15, -0.1) is 0 Å². The molecule has 0 bridgehead atoms. The first-order valence-corrected chi connectivity index (χ1v) is 10.6. The summed E-state index contributed by atoms with van der Waals surface area (Å²) in [5, 5.41) is 0. The Bertz CT molecular complexity index is 1060. The van der Waals surface area contributed by atoms with E-state index in [-0.39, 0.29) is 18.1 Å². The molecule has 5 nitrogen and oxygen atoms in total. The van der Waals surface area contributed by atoms with Crippen molar-refractivity contribution in [2.24, 2.45) is 0 Å². The van der Waals surface area contributed by atoms with Crippen LogP contribution < -0.4 is 10.3 Å². The second kappa shape index (κ2) is 8.33. The summed E-state index contributed by atoms with van der Waals surface area (Å²) in [6, 6.07) is 22.7. The first-order chi connectivity index (χ1) is 12.9. The highest BCUT2D eigenvalue weighted by atomic mass is 32.2. The van der Waals surface area contributed by atoms with Gasteiger partial charge in [0.2, 0.25) is 10.0 Å². The van der Waals surface area contributed by atoms with Gasteiger partial charge in [0.15, 0.2) is 0 Å². The highest BCUT2D eigenvalue weighted by Gasteiger charge is 2.15. The third-order valence-electron chi connectivity index (χ3n) is 4.33. The zero-order valence-corrected chi connectivity index (χ0v) is 15.9. The number of pyridine rings is 1. The molecule has 1 atom stereocenters. The van der Waals surface area contributed by atoms with Crippen LogP contribution in [-0.2, 0) is 16.4 Å². The highest BCUT2D eigenvalue weighted by Crippen LogP contribution is 2.22. The molecule has 3 rings (SSSR count). The van der Waals surface area contributed by atoms with Crippen LogP contribution >= 0.6 is 0 Å². The van der Waals surface area contributed by atoms with Gasteiger partial charge in [-0.25, -0.2) is 13.1 Å². The van der Waals surface area contributed by atoms with Crippen LogP contribution in [0, 0.1) is 0 Å². The molecule has 0 fully saturated rings. The van der Waals surface area contributed by atoms with Crippen molar-refractivity contribution in [3.8, 4) is 11.1 Å². The fourth-order valence-electron chi connectivity index (χ4n) is 3.04. The maximum absolute atomic E-state index is 12.2. The van der Waals surface area contributed by atoms with Crippen molar-refractivity contribution in [2.45, 2.75) is 12.5 Å². The topological polar surface area (TPSA) is 68.2 Å². The fraction of sp³-hybridized carbons (Fsp3) is 0.190. The minimum Gasteiger partial charge on any atom is -0.311 e. The Morgan fingerprint density at radius 3 is 2.33 bits per heavy atom. The maximum Gasteiger partial charge on any atom is 0.250 e. The molecule has 6 heteroatoms. The van der Waals surface area contributed by atoms with Crippen molar-refractivity contribution < 1.29 is 8.42 Å². The SMILES string of the molecule is CS(=O)(=O)NCC(Cc1cccc(-c2ccccc2)c1)n1ccccc1=O. The summed E-state index contributed by atoms with van der Waals surface area (Å²) in [6.45, 7) is 0.151. The van der Waals surface area contributed by atoms with Crippen LogP contribution in [0.4, 0.5) is 0 Å². The van der Waals surface area contributed by atoms with Gasteiger partial charge < -0.3 is 4.57 Å². The Labute approximate surface area is 159 Å². The molecule has 0 aliphatic heterocycles. The average molecular weight is 382 g/mol. The lowest BCUT2D eigenvalue weighted by atomic mass is 9.99. The number of aromatic nitrogens is 1. The Morgan fingerprint density at radius 1 is 0.926 bits per heavy atom. The molecular weight excluding hydrogens is 360 g/mol. The third kappa shape index (κ3) is 5.39. The molecule has 1 aromatic heterocycles. The van der Waals surface area contributed by atoms with Gasteiger partial charge in [-0.2, -0.15) is 0 Å². The summed E-state index contributed by atoms with van der Waals surface area (Å²) in [7, 11) is -3.35. The first kappa shape index (κ1) is 19.1.